The van der Waals surface area contributed by atoms with Crippen molar-refractivity contribution in [1.82, 2.24) is 10.6 Å². The molecule has 1 aromatic heterocycles. The van der Waals surface area contributed by atoms with Gasteiger partial charge in [-0.3, -0.25) is 0 Å². The number of guanidine groups is 1. The second-order valence-electron chi connectivity index (χ2n) is 8.43. The van der Waals surface area contributed by atoms with Crippen LogP contribution in [0.1, 0.15) is 43.4 Å². The van der Waals surface area contributed by atoms with E-state index in [4.69, 9.17) is 14.5 Å². The molecule has 1 saturated heterocycles. The van der Waals surface area contributed by atoms with Crippen molar-refractivity contribution >= 4 is 41.3 Å². The quantitative estimate of drug-likeness (QED) is 0.251. The molecule has 0 radical (unpaired) electrons. The van der Waals surface area contributed by atoms with E-state index in [9.17, 15) is 5.11 Å². The summed E-state index contributed by atoms with van der Waals surface area (Å²) in [6.07, 6.45) is 1.82. The Kier molecular flexibility index (Phi) is 10.3. The number of halogens is 1. The molecule has 2 heterocycles. The summed E-state index contributed by atoms with van der Waals surface area (Å²) in [6.45, 7) is 9.14. The lowest BCUT2D eigenvalue weighted by molar-refractivity contribution is 0.0504. The summed E-state index contributed by atoms with van der Waals surface area (Å²) in [7, 11) is 1.73. The van der Waals surface area contributed by atoms with Gasteiger partial charge in [0.25, 0.3) is 0 Å². The largest absolute Gasteiger partial charge is 0.496 e. The average Bonchev–Trinajstić information content (AvgIpc) is 3.32. The summed E-state index contributed by atoms with van der Waals surface area (Å²) < 4.78 is 11.4. The first-order valence-electron chi connectivity index (χ1n) is 10.9. The van der Waals surface area contributed by atoms with Crippen LogP contribution >= 0.6 is 35.3 Å². The van der Waals surface area contributed by atoms with Crippen molar-refractivity contribution in [2.75, 3.05) is 40.0 Å². The summed E-state index contributed by atoms with van der Waals surface area (Å²) in [4.78, 5) is 4.70. The zero-order valence-electron chi connectivity index (χ0n) is 19.4. The van der Waals surface area contributed by atoms with Gasteiger partial charge in [-0.05, 0) is 62.1 Å². The highest BCUT2D eigenvalue weighted by Crippen LogP contribution is 2.40. The van der Waals surface area contributed by atoms with Crippen LogP contribution in [0.3, 0.4) is 0 Å². The van der Waals surface area contributed by atoms with Crippen LogP contribution in [0.25, 0.3) is 0 Å². The molecule has 0 bridgehead atoms. The summed E-state index contributed by atoms with van der Waals surface area (Å²) in [5.74, 6) is 1.62. The summed E-state index contributed by atoms with van der Waals surface area (Å²) in [5.41, 5.74) is 2.21. The van der Waals surface area contributed by atoms with E-state index in [1.807, 2.05) is 23.8 Å². The van der Waals surface area contributed by atoms with Gasteiger partial charge >= 0.3 is 0 Å². The summed E-state index contributed by atoms with van der Waals surface area (Å²) in [5, 5.41) is 21.6. The fourth-order valence-corrected chi connectivity index (χ4v) is 4.81. The predicted molar refractivity (Wildman–Crippen MR) is 143 cm³/mol. The van der Waals surface area contributed by atoms with Crippen molar-refractivity contribution in [2.45, 2.75) is 44.6 Å². The lowest BCUT2D eigenvalue weighted by Gasteiger charge is -2.39. The fourth-order valence-electron chi connectivity index (χ4n) is 4.03. The van der Waals surface area contributed by atoms with Crippen LogP contribution in [-0.4, -0.2) is 51.0 Å². The first-order valence-corrected chi connectivity index (χ1v) is 11.8. The van der Waals surface area contributed by atoms with Gasteiger partial charge in [0.05, 0.1) is 13.7 Å². The van der Waals surface area contributed by atoms with Gasteiger partial charge in [-0.25, -0.2) is 4.99 Å². The molecule has 3 N–H and O–H groups in total. The highest BCUT2D eigenvalue weighted by molar-refractivity contribution is 14.0. The van der Waals surface area contributed by atoms with Gasteiger partial charge in [-0.2, -0.15) is 11.3 Å². The standard InChI is InChI=1S/C24H35N3O3S.HI/c1-5-25-22(26-16-23(3,28)19-8-13-31-15-19)27-17-24(9-11-30-12-10-24)20-14-18(2)6-7-21(20)29-4;/h6-8,13-15,28H,5,9-12,16-17H2,1-4H3,(H2,25,26,27);1H. The third-order valence-electron chi connectivity index (χ3n) is 6.00. The van der Waals surface area contributed by atoms with Crippen molar-refractivity contribution in [3.05, 3.63) is 51.7 Å². The number of nitrogens with zero attached hydrogens (tertiary/aromatic N) is 1. The molecule has 1 fully saturated rings. The fraction of sp³-hybridized carbons (Fsp3) is 0.542. The van der Waals surface area contributed by atoms with Gasteiger partial charge in [0.15, 0.2) is 5.96 Å². The van der Waals surface area contributed by atoms with Crippen LogP contribution in [0, 0.1) is 6.92 Å². The van der Waals surface area contributed by atoms with Gasteiger partial charge in [-0.15, -0.1) is 24.0 Å². The molecule has 2 aromatic rings. The number of thiophene rings is 1. The van der Waals surface area contributed by atoms with Gasteiger partial charge in [-0.1, -0.05) is 17.7 Å². The number of aliphatic hydroxyl groups is 1. The van der Waals surface area contributed by atoms with E-state index in [0.29, 0.717) is 12.5 Å². The van der Waals surface area contributed by atoms with Crippen LogP contribution < -0.4 is 15.4 Å². The van der Waals surface area contributed by atoms with Crippen LogP contribution in [0.15, 0.2) is 40.0 Å². The van der Waals surface area contributed by atoms with Crippen molar-refractivity contribution in [2.24, 2.45) is 4.99 Å². The Hall–Kier alpha value is -1.36. The molecule has 3 rings (SSSR count). The average molecular weight is 574 g/mol. The Labute approximate surface area is 212 Å². The Bertz CT molecular complexity index is 865. The van der Waals surface area contributed by atoms with E-state index in [1.54, 1.807) is 25.4 Å². The Balaban J connectivity index is 0.00000363. The van der Waals surface area contributed by atoms with E-state index < -0.39 is 5.60 Å². The molecule has 1 aliphatic rings. The van der Waals surface area contributed by atoms with Crippen molar-refractivity contribution in [1.29, 1.82) is 0 Å². The normalized spacial score (nSPS) is 17.7. The molecule has 6 nitrogen and oxygen atoms in total. The van der Waals surface area contributed by atoms with E-state index in [1.165, 1.54) is 11.1 Å². The molecule has 1 atom stereocenters. The van der Waals surface area contributed by atoms with Crippen LogP contribution in [0.4, 0.5) is 0 Å². The maximum absolute atomic E-state index is 10.8. The number of benzene rings is 1. The minimum atomic E-state index is -1.00. The summed E-state index contributed by atoms with van der Waals surface area (Å²) >= 11 is 1.58. The number of hydrogen-bond acceptors (Lipinski definition) is 5. The molecular formula is C24H36IN3O3S. The molecule has 0 amide bonds. The number of hydrogen-bond donors (Lipinski definition) is 3. The molecule has 0 aliphatic carbocycles. The predicted octanol–water partition coefficient (Wildman–Crippen LogP) is 4.19. The monoisotopic (exact) mass is 573 g/mol. The summed E-state index contributed by atoms with van der Waals surface area (Å²) in [6, 6.07) is 8.32. The van der Waals surface area contributed by atoms with E-state index in [0.717, 1.165) is 43.9 Å². The number of nitrogens with one attached hydrogen (secondary N) is 2. The number of rotatable bonds is 8. The third-order valence-corrected chi connectivity index (χ3v) is 6.69. The smallest absolute Gasteiger partial charge is 0.191 e. The molecule has 1 aromatic carbocycles. The molecule has 1 unspecified atom stereocenters. The highest BCUT2D eigenvalue weighted by Gasteiger charge is 2.37. The maximum atomic E-state index is 10.8. The first kappa shape index (κ1) is 26.9. The van der Waals surface area contributed by atoms with Gasteiger partial charge < -0.3 is 25.2 Å². The Morgan fingerprint density at radius 2 is 2.03 bits per heavy atom. The molecule has 0 saturated carbocycles. The lowest BCUT2D eigenvalue weighted by atomic mass is 9.73. The molecule has 8 heteroatoms. The number of aliphatic imine (C=N–C) groups is 1. The molecule has 32 heavy (non-hydrogen) atoms. The second-order valence-corrected chi connectivity index (χ2v) is 9.21. The van der Waals surface area contributed by atoms with Gasteiger partial charge in [0, 0.05) is 37.3 Å². The van der Waals surface area contributed by atoms with Crippen molar-refractivity contribution < 1.29 is 14.6 Å². The number of methoxy groups -OCH3 is 1. The van der Waals surface area contributed by atoms with Crippen LogP contribution in [0.5, 0.6) is 5.75 Å². The van der Waals surface area contributed by atoms with E-state index in [2.05, 4.69) is 35.8 Å². The van der Waals surface area contributed by atoms with E-state index >= 15 is 0 Å². The molecule has 1 aliphatic heterocycles. The number of ether oxygens (including phenoxy) is 2. The molecule has 178 valence electrons. The minimum Gasteiger partial charge on any atom is -0.496 e. The zero-order valence-corrected chi connectivity index (χ0v) is 22.6. The molecular weight excluding hydrogens is 537 g/mol. The zero-order chi connectivity index (χ0) is 22.3. The topological polar surface area (TPSA) is 75.1 Å². The van der Waals surface area contributed by atoms with Crippen LogP contribution in [-0.2, 0) is 15.8 Å². The van der Waals surface area contributed by atoms with Gasteiger partial charge in [0.2, 0.25) is 0 Å². The number of aryl methyl sites for hydroxylation is 1. The minimum absolute atomic E-state index is 0. The van der Waals surface area contributed by atoms with Gasteiger partial charge in [0.1, 0.15) is 11.4 Å². The van der Waals surface area contributed by atoms with Crippen LogP contribution in [0.2, 0.25) is 0 Å². The maximum Gasteiger partial charge on any atom is 0.191 e. The molecule has 0 spiro atoms. The highest BCUT2D eigenvalue weighted by atomic mass is 127. The van der Waals surface area contributed by atoms with Crippen molar-refractivity contribution in [3.8, 4) is 5.75 Å². The Morgan fingerprint density at radius 1 is 1.28 bits per heavy atom. The Morgan fingerprint density at radius 3 is 2.66 bits per heavy atom. The third kappa shape index (κ3) is 6.59. The lowest BCUT2D eigenvalue weighted by Crippen LogP contribution is -2.48. The van der Waals surface area contributed by atoms with Crippen molar-refractivity contribution in [3.63, 3.8) is 0 Å². The first-order chi connectivity index (χ1) is 14.9. The second kappa shape index (κ2) is 12.2. The SMILES string of the molecule is CCNC(=NCC(C)(O)c1ccsc1)NCC1(c2cc(C)ccc2OC)CCOCC1.I. The van der Waals surface area contributed by atoms with E-state index in [-0.39, 0.29) is 35.9 Å².